The van der Waals surface area contributed by atoms with E-state index in [1.54, 1.807) is 0 Å². The standard InChI is InChI=1S/C13H24O2/c1-2-3-4-5-6-7-8-9-13-12-14-10-11-15-13/h2,13H,1,3-12H2. The second-order valence-corrected chi connectivity index (χ2v) is 4.20. The Hall–Kier alpha value is -0.340. The summed E-state index contributed by atoms with van der Waals surface area (Å²) < 4.78 is 10.9. The van der Waals surface area contributed by atoms with Gasteiger partial charge in [0, 0.05) is 0 Å². The molecule has 1 fully saturated rings. The number of ether oxygens (including phenoxy) is 2. The normalized spacial score (nSPS) is 21.5. The van der Waals surface area contributed by atoms with E-state index in [9.17, 15) is 0 Å². The van der Waals surface area contributed by atoms with E-state index in [1.807, 2.05) is 6.08 Å². The summed E-state index contributed by atoms with van der Waals surface area (Å²) in [7, 11) is 0. The second-order valence-electron chi connectivity index (χ2n) is 4.20. The van der Waals surface area contributed by atoms with Gasteiger partial charge in [0.25, 0.3) is 0 Å². The lowest BCUT2D eigenvalue weighted by atomic mass is 10.1. The molecule has 0 bridgehead atoms. The summed E-state index contributed by atoms with van der Waals surface area (Å²) in [5.41, 5.74) is 0. The summed E-state index contributed by atoms with van der Waals surface area (Å²) >= 11 is 0. The Morgan fingerprint density at radius 2 is 1.87 bits per heavy atom. The predicted octanol–water partition coefficient (Wildman–Crippen LogP) is 3.32. The number of allylic oxidation sites excluding steroid dienone is 1. The molecule has 0 aromatic rings. The Kier molecular flexibility index (Phi) is 7.58. The fourth-order valence-corrected chi connectivity index (χ4v) is 1.89. The number of hydrogen-bond acceptors (Lipinski definition) is 2. The Morgan fingerprint density at radius 3 is 2.60 bits per heavy atom. The number of rotatable bonds is 8. The second kappa shape index (κ2) is 8.93. The van der Waals surface area contributed by atoms with Gasteiger partial charge < -0.3 is 9.47 Å². The fourth-order valence-electron chi connectivity index (χ4n) is 1.89. The highest BCUT2D eigenvalue weighted by Crippen LogP contribution is 2.12. The van der Waals surface area contributed by atoms with Crippen molar-refractivity contribution in [3.63, 3.8) is 0 Å². The SMILES string of the molecule is C=CCCCCCCCC1COCCO1. The molecule has 0 amide bonds. The van der Waals surface area contributed by atoms with E-state index in [1.165, 1.54) is 44.9 Å². The van der Waals surface area contributed by atoms with Gasteiger partial charge in [-0.25, -0.2) is 0 Å². The van der Waals surface area contributed by atoms with Crippen molar-refractivity contribution < 1.29 is 9.47 Å². The zero-order valence-electron chi connectivity index (χ0n) is 9.75. The van der Waals surface area contributed by atoms with E-state index < -0.39 is 0 Å². The monoisotopic (exact) mass is 212 g/mol. The molecule has 1 aliphatic heterocycles. The van der Waals surface area contributed by atoms with E-state index in [0.29, 0.717) is 6.10 Å². The van der Waals surface area contributed by atoms with Crippen LogP contribution in [0.25, 0.3) is 0 Å². The molecular weight excluding hydrogens is 188 g/mol. The van der Waals surface area contributed by atoms with Gasteiger partial charge in [0.05, 0.1) is 25.9 Å². The topological polar surface area (TPSA) is 18.5 Å². The van der Waals surface area contributed by atoms with Crippen LogP contribution in [-0.4, -0.2) is 25.9 Å². The third kappa shape index (κ3) is 6.69. The molecule has 0 spiro atoms. The first-order chi connectivity index (χ1) is 7.43. The van der Waals surface area contributed by atoms with Gasteiger partial charge in [0.1, 0.15) is 0 Å². The first-order valence-electron chi connectivity index (χ1n) is 6.23. The van der Waals surface area contributed by atoms with E-state index in [4.69, 9.17) is 9.47 Å². The minimum Gasteiger partial charge on any atom is -0.376 e. The Morgan fingerprint density at radius 1 is 1.07 bits per heavy atom. The molecule has 0 N–H and O–H groups in total. The zero-order valence-corrected chi connectivity index (χ0v) is 9.75. The van der Waals surface area contributed by atoms with Crippen LogP contribution in [0.15, 0.2) is 12.7 Å². The van der Waals surface area contributed by atoms with Crippen molar-refractivity contribution in [3.8, 4) is 0 Å². The fraction of sp³-hybridized carbons (Fsp3) is 0.846. The molecule has 1 heterocycles. The smallest absolute Gasteiger partial charge is 0.0809 e. The van der Waals surface area contributed by atoms with Crippen molar-refractivity contribution in [2.24, 2.45) is 0 Å². The number of hydrogen-bond donors (Lipinski definition) is 0. The Bertz CT molecular complexity index is 151. The average Bonchev–Trinajstić information content (AvgIpc) is 2.29. The van der Waals surface area contributed by atoms with Crippen molar-refractivity contribution in [1.82, 2.24) is 0 Å². The lowest BCUT2D eigenvalue weighted by Gasteiger charge is -2.22. The van der Waals surface area contributed by atoms with Crippen LogP contribution in [0.4, 0.5) is 0 Å². The van der Waals surface area contributed by atoms with Crippen LogP contribution in [0.5, 0.6) is 0 Å². The maximum absolute atomic E-state index is 5.58. The minimum atomic E-state index is 0.368. The highest BCUT2D eigenvalue weighted by atomic mass is 16.6. The molecule has 88 valence electrons. The van der Waals surface area contributed by atoms with Crippen molar-refractivity contribution in [1.29, 1.82) is 0 Å². The molecule has 0 saturated carbocycles. The third-order valence-electron chi connectivity index (χ3n) is 2.82. The van der Waals surface area contributed by atoms with Crippen molar-refractivity contribution >= 4 is 0 Å². The maximum atomic E-state index is 5.58. The predicted molar refractivity (Wildman–Crippen MR) is 63.1 cm³/mol. The summed E-state index contributed by atoms with van der Waals surface area (Å²) in [6, 6.07) is 0. The van der Waals surface area contributed by atoms with E-state index in [0.717, 1.165) is 19.8 Å². The lowest BCUT2D eigenvalue weighted by molar-refractivity contribution is -0.0912. The first-order valence-corrected chi connectivity index (χ1v) is 6.23. The molecule has 1 rings (SSSR count). The molecule has 2 heteroatoms. The molecule has 1 aliphatic rings. The first kappa shape index (κ1) is 12.7. The van der Waals surface area contributed by atoms with Gasteiger partial charge in [-0.05, 0) is 19.3 Å². The summed E-state index contributed by atoms with van der Waals surface area (Å²) in [4.78, 5) is 0. The lowest BCUT2D eigenvalue weighted by Crippen LogP contribution is -2.28. The number of unbranched alkanes of at least 4 members (excludes halogenated alkanes) is 5. The van der Waals surface area contributed by atoms with Crippen molar-refractivity contribution in [2.45, 2.75) is 51.0 Å². The molecule has 2 nitrogen and oxygen atoms in total. The highest BCUT2D eigenvalue weighted by Gasteiger charge is 2.12. The molecule has 0 aromatic carbocycles. The van der Waals surface area contributed by atoms with Crippen molar-refractivity contribution in [2.75, 3.05) is 19.8 Å². The van der Waals surface area contributed by atoms with Gasteiger partial charge >= 0.3 is 0 Å². The molecule has 1 unspecified atom stereocenters. The molecule has 0 aromatic heterocycles. The van der Waals surface area contributed by atoms with Crippen LogP contribution in [0.1, 0.15) is 44.9 Å². The Balaban J connectivity index is 1.81. The summed E-state index contributed by atoms with van der Waals surface area (Å²) in [6.45, 7) is 6.09. The van der Waals surface area contributed by atoms with Gasteiger partial charge in [0.2, 0.25) is 0 Å². The van der Waals surface area contributed by atoms with E-state index >= 15 is 0 Å². The third-order valence-corrected chi connectivity index (χ3v) is 2.82. The molecule has 15 heavy (non-hydrogen) atoms. The van der Waals surface area contributed by atoms with E-state index in [-0.39, 0.29) is 0 Å². The van der Waals surface area contributed by atoms with Crippen LogP contribution in [0.3, 0.4) is 0 Å². The van der Waals surface area contributed by atoms with Gasteiger partial charge in [0.15, 0.2) is 0 Å². The molecule has 0 aliphatic carbocycles. The Labute approximate surface area is 93.7 Å². The van der Waals surface area contributed by atoms with Crippen LogP contribution < -0.4 is 0 Å². The van der Waals surface area contributed by atoms with Crippen LogP contribution in [-0.2, 0) is 9.47 Å². The van der Waals surface area contributed by atoms with Gasteiger partial charge in [-0.1, -0.05) is 31.8 Å². The van der Waals surface area contributed by atoms with Crippen LogP contribution in [0, 0.1) is 0 Å². The molecular formula is C13H24O2. The van der Waals surface area contributed by atoms with Crippen LogP contribution in [0.2, 0.25) is 0 Å². The summed E-state index contributed by atoms with van der Waals surface area (Å²) in [6.07, 6.45) is 11.3. The minimum absolute atomic E-state index is 0.368. The average molecular weight is 212 g/mol. The quantitative estimate of drug-likeness (QED) is 0.454. The van der Waals surface area contributed by atoms with Crippen molar-refractivity contribution in [3.05, 3.63) is 12.7 Å². The molecule has 1 saturated heterocycles. The van der Waals surface area contributed by atoms with Gasteiger partial charge in [-0.3, -0.25) is 0 Å². The van der Waals surface area contributed by atoms with Gasteiger partial charge in [-0.15, -0.1) is 6.58 Å². The summed E-state index contributed by atoms with van der Waals surface area (Å²) in [5, 5.41) is 0. The zero-order chi connectivity index (χ0) is 10.8. The largest absolute Gasteiger partial charge is 0.376 e. The van der Waals surface area contributed by atoms with Crippen LogP contribution >= 0.6 is 0 Å². The maximum Gasteiger partial charge on any atom is 0.0809 e. The summed E-state index contributed by atoms with van der Waals surface area (Å²) in [5.74, 6) is 0. The molecule has 1 atom stereocenters. The highest BCUT2D eigenvalue weighted by molar-refractivity contribution is 4.65. The van der Waals surface area contributed by atoms with E-state index in [2.05, 4.69) is 6.58 Å². The van der Waals surface area contributed by atoms with Gasteiger partial charge in [-0.2, -0.15) is 0 Å². The molecule has 0 radical (unpaired) electrons.